The third kappa shape index (κ3) is 4.56. The van der Waals surface area contributed by atoms with Gasteiger partial charge in [-0.1, -0.05) is 19.9 Å². The lowest BCUT2D eigenvalue weighted by molar-refractivity contribution is 0.259. The third-order valence-electron chi connectivity index (χ3n) is 2.99. The van der Waals surface area contributed by atoms with Crippen molar-refractivity contribution in [3.05, 3.63) is 40.8 Å². The fraction of sp³-hybridized carbons (Fsp3) is 0.533. The number of nitrogens with zero attached hydrogens (tertiary/aromatic N) is 2. The Morgan fingerprint density at radius 2 is 2.00 bits per heavy atom. The summed E-state index contributed by atoms with van der Waals surface area (Å²) in [7, 11) is 0. The number of allylic oxidation sites excluding steroid dienone is 1. The van der Waals surface area contributed by atoms with Gasteiger partial charge in [0.2, 0.25) is 5.43 Å². The maximum Gasteiger partial charge on any atom is 0.223 e. The van der Waals surface area contributed by atoms with Crippen LogP contribution in [0.15, 0.2) is 29.7 Å². The molecule has 0 aliphatic heterocycles. The molecule has 0 spiro atoms. The largest absolute Gasteiger partial charge is 0.503 e. The number of hydrogen-bond acceptors (Lipinski definition) is 3. The Labute approximate surface area is 115 Å². The minimum Gasteiger partial charge on any atom is -0.503 e. The summed E-state index contributed by atoms with van der Waals surface area (Å²) < 4.78 is 1.88. The van der Waals surface area contributed by atoms with Gasteiger partial charge in [0, 0.05) is 24.8 Å². The first kappa shape index (κ1) is 15.5. The summed E-state index contributed by atoms with van der Waals surface area (Å²) in [5.74, 6) is -0.205. The molecule has 19 heavy (non-hydrogen) atoms. The molecule has 0 unspecified atom stereocenters. The highest BCUT2D eigenvalue weighted by atomic mass is 16.3. The quantitative estimate of drug-likeness (QED) is 0.733. The SMILES string of the molecule is C=CCn1cc(O)c(=O)cc1CN(CCC)CCC. The van der Waals surface area contributed by atoms with E-state index in [4.69, 9.17) is 0 Å². The van der Waals surface area contributed by atoms with E-state index in [0.29, 0.717) is 6.54 Å². The van der Waals surface area contributed by atoms with Gasteiger partial charge in [0.1, 0.15) is 0 Å². The predicted molar refractivity (Wildman–Crippen MR) is 78.4 cm³/mol. The standard InChI is InChI=1S/C15H24N2O2/c1-4-7-16(8-5-2)11-13-10-14(18)15(19)12-17(13)9-6-3/h6,10,12,19H,3-5,7-9,11H2,1-2H3. The summed E-state index contributed by atoms with van der Waals surface area (Å²) in [6.45, 7) is 11.3. The maximum absolute atomic E-state index is 11.6. The molecular weight excluding hydrogens is 240 g/mol. The van der Waals surface area contributed by atoms with Crippen LogP contribution in [0.25, 0.3) is 0 Å². The van der Waals surface area contributed by atoms with Crippen molar-refractivity contribution in [1.82, 2.24) is 9.47 Å². The molecule has 1 aromatic heterocycles. The van der Waals surface area contributed by atoms with Crippen molar-refractivity contribution in [2.45, 2.75) is 39.8 Å². The highest BCUT2D eigenvalue weighted by Crippen LogP contribution is 2.09. The van der Waals surface area contributed by atoms with E-state index in [1.807, 2.05) is 4.57 Å². The number of pyridine rings is 1. The summed E-state index contributed by atoms with van der Waals surface area (Å²) in [6, 6.07) is 1.52. The smallest absolute Gasteiger partial charge is 0.223 e. The normalized spacial score (nSPS) is 10.9. The minimum atomic E-state index is -0.316. The second-order valence-corrected chi connectivity index (χ2v) is 4.73. The molecule has 0 aliphatic rings. The Bertz CT molecular complexity index is 460. The first-order valence-electron chi connectivity index (χ1n) is 6.87. The van der Waals surface area contributed by atoms with Crippen LogP contribution in [0.2, 0.25) is 0 Å². The molecule has 0 radical (unpaired) electrons. The van der Waals surface area contributed by atoms with Gasteiger partial charge in [-0.3, -0.25) is 9.69 Å². The van der Waals surface area contributed by atoms with Gasteiger partial charge in [-0.2, -0.15) is 0 Å². The molecule has 4 nitrogen and oxygen atoms in total. The lowest BCUT2D eigenvalue weighted by Gasteiger charge is -2.23. The van der Waals surface area contributed by atoms with Gasteiger partial charge >= 0.3 is 0 Å². The van der Waals surface area contributed by atoms with Gasteiger partial charge in [0.25, 0.3) is 0 Å². The van der Waals surface area contributed by atoms with Gasteiger partial charge in [-0.05, 0) is 25.9 Å². The van der Waals surface area contributed by atoms with E-state index in [2.05, 4.69) is 25.3 Å². The van der Waals surface area contributed by atoms with Crippen molar-refractivity contribution in [1.29, 1.82) is 0 Å². The van der Waals surface area contributed by atoms with Gasteiger partial charge in [0.05, 0.1) is 6.20 Å². The minimum absolute atomic E-state index is 0.205. The lowest BCUT2D eigenvalue weighted by atomic mass is 10.2. The summed E-state index contributed by atoms with van der Waals surface area (Å²) in [5, 5.41) is 9.51. The van der Waals surface area contributed by atoms with Crippen molar-refractivity contribution < 1.29 is 5.11 Å². The average Bonchev–Trinajstić information content (AvgIpc) is 2.36. The molecule has 0 bridgehead atoms. The van der Waals surface area contributed by atoms with E-state index in [9.17, 15) is 9.90 Å². The van der Waals surface area contributed by atoms with Crippen molar-refractivity contribution in [3.8, 4) is 5.75 Å². The molecule has 1 heterocycles. The Morgan fingerprint density at radius 1 is 1.37 bits per heavy atom. The van der Waals surface area contributed by atoms with Gasteiger partial charge in [-0.25, -0.2) is 0 Å². The molecule has 0 atom stereocenters. The fourth-order valence-corrected chi connectivity index (χ4v) is 2.18. The van der Waals surface area contributed by atoms with Crippen molar-refractivity contribution in [2.24, 2.45) is 0 Å². The number of aromatic hydroxyl groups is 1. The summed E-state index contributed by atoms with van der Waals surface area (Å²) in [5.41, 5.74) is 0.604. The number of rotatable bonds is 8. The van der Waals surface area contributed by atoms with E-state index in [1.54, 1.807) is 6.08 Å². The molecule has 0 aromatic carbocycles. The highest BCUT2D eigenvalue weighted by Gasteiger charge is 2.09. The average molecular weight is 264 g/mol. The van der Waals surface area contributed by atoms with E-state index in [-0.39, 0.29) is 11.2 Å². The van der Waals surface area contributed by atoms with Crippen LogP contribution in [0.1, 0.15) is 32.4 Å². The topological polar surface area (TPSA) is 45.5 Å². The molecule has 0 saturated heterocycles. The van der Waals surface area contributed by atoms with Gasteiger partial charge in [-0.15, -0.1) is 6.58 Å². The molecule has 0 fully saturated rings. The Kier molecular flexibility index (Phi) is 6.36. The zero-order chi connectivity index (χ0) is 14.3. The monoisotopic (exact) mass is 264 g/mol. The van der Waals surface area contributed by atoms with Crippen LogP contribution in [0.4, 0.5) is 0 Å². The maximum atomic E-state index is 11.6. The van der Waals surface area contributed by atoms with Crippen LogP contribution in [0.3, 0.4) is 0 Å². The Morgan fingerprint density at radius 3 is 2.53 bits per heavy atom. The van der Waals surface area contributed by atoms with Crippen molar-refractivity contribution in [3.63, 3.8) is 0 Å². The second kappa shape index (κ2) is 7.79. The summed E-state index contributed by atoms with van der Waals surface area (Å²) in [6.07, 6.45) is 5.43. The Hall–Kier alpha value is -1.55. The molecule has 0 aliphatic carbocycles. The molecule has 0 amide bonds. The molecule has 0 saturated carbocycles. The zero-order valence-electron chi connectivity index (χ0n) is 11.9. The summed E-state index contributed by atoms with van der Waals surface area (Å²) in [4.78, 5) is 13.9. The molecule has 1 aromatic rings. The Balaban J connectivity index is 2.99. The first-order valence-corrected chi connectivity index (χ1v) is 6.87. The number of hydrogen-bond donors (Lipinski definition) is 1. The van der Waals surface area contributed by atoms with Crippen LogP contribution >= 0.6 is 0 Å². The van der Waals surface area contributed by atoms with Crippen molar-refractivity contribution >= 4 is 0 Å². The molecule has 4 heteroatoms. The fourth-order valence-electron chi connectivity index (χ4n) is 2.18. The van der Waals surface area contributed by atoms with E-state index in [0.717, 1.165) is 38.2 Å². The summed E-state index contributed by atoms with van der Waals surface area (Å²) >= 11 is 0. The van der Waals surface area contributed by atoms with E-state index in [1.165, 1.54) is 12.3 Å². The van der Waals surface area contributed by atoms with Gasteiger partial charge in [0.15, 0.2) is 5.75 Å². The lowest BCUT2D eigenvalue weighted by Crippen LogP contribution is -2.27. The number of aromatic nitrogens is 1. The molecule has 1 rings (SSSR count). The molecule has 1 N–H and O–H groups in total. The first-order chi connectivity index (χ1) is 9.12. The predicted octanol–water partition coefficient (Wildman–Crippen LogP) is 2.36. The highest BCUT2D eigenvalue weighted by molar-refractivity contribution is 5.20. The van der Waals surface area contributed by atoms with Crippen LogP contribution in [0, 0.1) is 0 Å². The molecular formula is C15H24N2O2. The third-order valence-corrected chi connectivity index (χ3v) is 2.99. The van der Waals surface area contributed by atoms with E-state index >= 15 is 0 Å². The zero-order valence-corrected chi connectivity index (χ0v) is 11.9. The van der Waals surface area contributed by atoms with Crippen LogP contribution in [0.5, 0.6) is 5.75 Å². The van der Waals surface area contributed by atoms with Gasteiger partial charge < -0.3 is 9.67 Å². The molecule has 106 valence electrons. The van der Waals surface area contributed by atoms with Crippen molar-refractivity contribution in [2.75, 3.05) is 13.1 Å². The van der Waals surface area contributed by atoms with E-state index < -0.39 is 0 Å². The van der Waals surface area contributed by atoms with Crippen LogP contribution in [-0.2, 0) is 13.1 Å². The van der Waals surface area contributed by atoms with Crippen LogP contribution < -0.4 is 5.43 Å². The van der Waals surface area contributed by atoms with Crippen LogP contribution in [-0.4, -0.2) is 27.7 Å². The second-order valence-electron chi connectivity index (χ2n) is 4.73.